The van der Waals surface area contributed by atoms with Crippen molar-refractivity contribution in [2.75, 3.05) is 0 Å². The molecule has 4 nitrogen and oxygen atoms in total. The molecule has 0 saturated heterocycles. The number of hydrogen-bond acceptors (Lipinski definition) is 4. The molecule has 0 spiro atoms. The highest BCUT2D eigenvalue weighted by Crippen LogP contribution is 2.21. The predicted molar refractivity (Wildman–Crippen MR) is 106 cm³/mol. The number of carbonyl (C=O) groups excluding carboxylic acids is 2. The quantitative estimate of drug-likeness (QED) is 0.542. The summed E-state index contributed by atoms with van der Waals surface area (Å²) in [5.41, 5.74) is 2.20. The fourth-order valence-electron chi connectivity index (χ4n) is 2.80. The monoisotopic (exact) mass is 369 g/mol. The van der Waals surface area contributed by atoms with Crippen molar-refractivity contribution in [2.45, 2.75) is 19.3 Å². The largest absolute Gasteiger partial charge is 0.457 e. The molecule has 0 heterocycles. The maximum Gasteiger partial charge on any atom is 0.144 e. The molecule has 28 heavy (non-hydrogen) atoms. The van der Waals surface area contributed by atoms with E-state index in [4.69, 9.17) is 10.00 Å². The molecule has 0 radical (unpaired) electrons. The first kappa shape index (κ1) is 19.1. The third kappa shape index (κ3) is 5.65. The van der Waals surface area contributed by atoms with Crippen molar-refractivity contribution in [3.8, 4) is 17.6 Å². The second-order valence-electron chi connectivity index (χ2n) is 6.48. The summed E-state index contributed by atoms with van der Waals surface area (Å²) in [6.45, 7) is 0. The van der Waals surface area contributed by atoms with Crippen molar-refractivity contribution in [3.05, 3.63) is 95.6 Å². The first-order valence-corrected chi connectivity index (χ1v) is 8.96. The van der Waals surface area contributed by atoms with Crippen LogP contribution in [0.5, 0.6) is 11.5 Å². The average molecular weight is 369 g/mol. The molecule has 0 aliphatic rings. The van der Waals surface area contributed by atoms with Gasteiger partial charge in [-0.3, -0.25) is 9.59 Å². The molecule has 0 aromatic heterocycles. The van der Waals surface area contributed by atoms with E-state index in [9.17, 15) is 9.59 Å². The van der Waals surface area contributed by atoms with E-state index in [1.54, 1.807) is 24.3 Å². The maximum atomic E-state index is 12.2. The molecule has 0 aliphatic carbocycles. The van der Waals surface area contributed by atoms with Crippen molar-refractivity contribution >= 4 is 11.6 Å². The van der Waals surface area contributed by atoms with Crippen molar-refractivity contribution in [2.24, 2.45) is 0 Å². The molecule has 0 amide bonds. The van der Waals surface area contributed by atoms with Crippen molar-refractivity contribution < 1.29 is 14.3 Å². The van der Waals surface area contributed by atoms with Crippen molar-refractivity contribution in [1.82, 2.24) is 0 Å². The summed E-state index contributed by atoms with van der Waals surface area (Å²) in [7, 11) is 0. The first-order chi connectivity index (χ1) is 13.6. The van der Waals surface area contributed by atoms with Crippen LogP contribution in [0.4, 0.5) is 0 Å². The zero-order chi connectivity index (χ0) is 19.8. The van der Waals surface area contributed by atoms with Crippen LogP contribution in [0, 0.1) is 11.3 Å². The zero-order valence-corrected chi connectivity index (χ0v) is 15.3. The Morgan fingerprint density at radius 2 is 1.21 bits per heavy atom. The van der Waals surface area contributed by atoms with Gasteiger partial charge in [-0.05, 0) is 47.5 Å². The molecule has 0 atom stereocenters. The summed E-state index contributed by atoms with van der Waals surface area (Å²) in [4.78, 5) is 24.3. The number of nitriles is 1. The Bertz CT molecular complexity index is 985. The van der Waals surface area contributed by atoms with Gasteiger partial charge in [0.1, 0.15) is 23.1 Å². The average Bonchev–Trinajstić information content (AvgIpc) is 2.70. The van der Waals surface area contributed by atoms with Gasteiger partial charge in [0.15, 0.2) is 0 Å². The molecule has 138 valence electrons. The lowest BCUT2D eigenvalue weighted by Crippen LogP contribution is -2.12. The molecular weight excluding hydrogens is 350 g/mol. The number of nitrogens with zero attached hydrogens (tertiary/aromatic N) is 1. The van der Waals surface area contributed by atoms with E-state index in [0.717, 1.165) is 16.9 Å². The molecule has 0 bridgehead atoms. The second kappa shape index (κ2) is 9.29. The van der Waals surface area contributed by atoms with Gasteiger partial charge in [-0.25, -0.2) is 0 Å². The summed E-state index contributed by atoms with van der Waals surface area (Å²) >= 11 is 0. The van der Waals surface area contributed by atoms with Crippen LogP contribution < -0.4 is 4.74 Å². The summed E-state index contributed by atoms with van der Waals surface area (Å²) in [5.74, 6) is 1.20. The number of carbonyl (C=O) groups is 2. The summed E-state index contributed by atoms with van der Waals surface area (Å²) in [6.07, 6.45) is 0.314. The molecule has 3 aromatic carbocycles. The van der Waals surface area contributed by atoms with E-state index < -0.39 is 0 Å². The highest BCUT2D eigenvalue weighted by atomic mass is 16.5. The highest BCUT2D eigenvalue weighted by molar-refractivity contribution is 6.00. The van der Waals surface area contributed by atoms with Crippen LogP contribution in [0.15, 0.2) is 78.9 Å². The second-order valence-corrected chi connectivity index (χ2v) is 6.48. The van der Waals surface area contributed by atoms with E-state index >= 15 is 0 Å². The van der Waals surface area contributed by atoms with E-state index in [1.807, 2.05) is 60.7 Å². The minimum absolute atomic E-state index is 0.0950. The van der Waals surface area contributed by atoms with E-state index in [1.165, 1.54) is 0 Å². The summed E-state index contributed by atoms with van der Waals surface area (Å²) < 4.78 is 5.73. The maximum absolute atomic E-state index is 12.2. The first-order valence-electron chi connectivity index (χ1n) is 8.96. The third-order valence-electron chi connectivity index (χ3n) is 4.18. The smallest absolute Gasteiger partial charge is 0.144 e. The van der Waals surface area contributed by atoms with Gasteiger partial charge in [0.25, 0.3) is 0 Å². The lowest BCUT2D eigenvalue weighted by Gasteiger charge is -2.06. The van der Waals surface area contributed by atoms with E-state index in [0.29, 0.717) is 11.3 Å². The Hall–Kier alpha value is -3.71. The lowest BCUT2D eigenvalue weighted by atomic mass is 10.0. The van der Waals surface area contributed by atoms with E-state index in [-0.39, 0.29) is 30.8 Å². The molecule has 0 N–H and O–H groups in total. The van der Waals surface area contributed by atoms with Crippen LogP contribution in [0.2, 0.25) is 0 Å². The van der Waals surface area contributed by atoms with Gasteiger partial charge in [-0.2, -0.15) is 5.26 Å². The molecular formula is C24H19NO3. The van der Waals surface area contributed by atoms with Crippen LogP contribution in [-0.4, -0.2) is 11.6 Å². The normalized spacial score (nSPS) is 10.1. The fourth-order valence-corrected chi connectivity index (χ4v) is 2.80. The Balaban J connectivity index is 1.49. The number of hydrogen-bond donors (Lipinski definition) is 0. The van der Waals surface area contributed by atoms with Gasteiger partial charge in [-0.15, -0.1) is 0 Å². The standard InChI is InChI=1S/C24H19NO3/c25-17-20-8-6-18(7-9-20)14-21(26)16-22(27)15-19-10-12-24(13-11-19)28-23-4-2-1-3-5-23/h1-13H,14-16H2. The molecule has 0 saturated carbocycles. The Morgan fingerprint density at radius 3 is 1.75 bits per heavy atom. The molecule has 4 heteroatoms. The van der Waals surface area contributed by atoms with Crippen molar-refractivity contribution in [1.29, 1.82) is 5.26 Å². The number of ketones is 2. The Labute approximate surface area is 164 Å². The highest BCUT2D eigenvalue weighted by Gasteiger charge is 2.11. The molecule has 3 aromatic rings. The topological polar surface area (TPSA) is 67.2 Å². The predicted octanol–water partition coefficient (Wildman–Crippen LogP) is 4.66. The molecule has 3 rings (SSSR count). The zero-order valence-electron chi connectivity index (χ0n) is 15.3. The minimum atomic E-state index is -0.126. The number of benzene rings is 3. The Kier molecular flexibility index (Phi) is 6.33. The molecule has 0 unspecified atom stereocenters. The number of ether oxygens (including phenoxy) is 1. The minimum Gasteiger partial charge on any atom is -0.457 e. The van der Waals surface area contributed by atoms with Gasteiger partial charge in [-0.1, -0.05) is 42.5 Å². The van der Waals surface area contributed by atoms with Crippen molar-refractivity contribution in [3.63, 3.8) is 0 Å². The van der Waals surface area contributed by atoms with Gasteiger partial charge >= 0.3 is 0 Å². The SMILES string of the molecule is N#Cc1ccc(CC(=O)CC(=O)Cc2ccc(Oc3ccccc3)cc2)cc1. The number of para-hydroxylation sites is 1. The van der Waals surface area contributed by atoms with E-state index in [2.05, 4.69) is 0 Å². The fraction of sp³-hybridized carbons (Fsp3) is 0.125. The summed E-state index contributed by atoms with van der Waals surface area (Å²) in [5, 5.41) is 8.79. The van der Waals surface area contributed by atoms with Gasteiger partial charge < -0.3 is 4.74 Å². The number of rotatable bonds is 8. The lowest BCUT2D eigenvalue weighted by molar-refractivity contribution is -0.126. The molecule has 0 fully saturated rings. The van der Waals surface area contributed by atoms with Crippen LogP contribution in [0.3, 0.4) is 0 Å². The third-order valence-corrected chi connectivity index (χ3v) is 4.18. The van der Waals surface area contributed by atoms with Crippen LogP contribution in [0.25, 0.3) is 0 Å². The Morgan fingerprint density at radius 1 is 0.714 bits per heavy atom. The summed E-state index contributed by atoms with van der Waals surface area (Å²) in [6, 6.07) is 25.6. The van der Waals surface area contributed by atoms with Crippen LogP contribution >= 0.6 is 0 Å². The van der Waals surface area contributed by atoms with Gasteiger partial charge in [0.05, 0.1) is 18.1 Å². The number of Topliss-reactive ketones (excluding diaryl/α,β-unsaturated/α-hetero) is 2. The van der Waals surface area contributed by atoms with Crippen LogP contribution in [-0.2, 0) is 22.4 Å². The van der Waals surface area contributed by atoms with Gasteiger partial charge in [0, 0.05) is 12.8 Å². The van der Waals surface area contributed by atoms with Crippen LogP contribution in [0.1, 0.15) is 23.1 Å². The molecule has 0 aliphatic heterocycles. The van der Waals surface area contributed by atoms with Gasteiger partial charge in [0.2, 0.25) is 0 Å².